The number of aliphatic imine (C=N–C) groups is 1. The standard InChI is InChI=1S/C23H39N5S/c1-4-24-23(26-21-10-11-22(16-21)29-3)25-17-19-8-6-7-9-20(19)18-28-14-12-27(5-2)13-15-28/h6-9,21-22H,4-5,10-18H2,1-3H3,(H2,24,25,26). The lowest BCUT2D eigenvalue weighted by molar-refractivity contribution is 0.131. The summed E-state index contributed by atoms with van der Waals surface area (Å²) in [5.41, 5.74) is 2.76. The minimum atomic E-state index is 0.551. The largest absolute Gasteiger partial charge is 0.357 e. The third kappa shape index (κ3) is 6.90. The average molecular weight is 418 g/mol. The zero-order valence-corrected chi connectivity index (χ0v) is 19.3. The Bertz CT molecular complexity index is 642. The second kappa shape index (κ2) is 11.8. The van der Waals surface area contributed by atoms with Gasteiger partial charge in [0.1, 0.15) is 0 Å². The van der Waals surface area contributed by atoms with E-state index in [-0.39, 0.29) is 0 Å². The maximum atomic E-state index is 4.94. The molecular formula is C23H39N5S. The molecule has 3 rings (SSSR count). The highest BCUT2D eigenvalue weighted by Crippen LogP contribution is 2.28. The van der Waals surface area contributed by atoms with E-state index in [1.807, 2.05) is 11.8 Å². The lowest BCUT2D eigenvalue weighted by Crippen LogP contribution is -2.45. The number of hydrogen-bond acceptors (Lipinski definition) is 4. The number of likely N-dealkylation sites (N-methyl/N-ethyl adjacent to an activating group) is 1. The summed E-state index contributed by atoms with van der Waals surface area (Å²) >= 11 is 2.00. The summed E-state index contributed by atoms with van der Waals surface area (Å²) in [6, 6.07) is 9.37. The summed E-state index contributed by atoms with van der Waals surface area (Å²) in [5.74, 6) is 0.964. The van der Waals surface area contributed by atoms with Crippen molar-refractivity contribution in [1.82, 2.24) is 20.4 Å². The van der Waals surface area contributed by atoms with Gasteiger partial charge in [-0.2, -0.15) is 11.8 Å². The molecule has 1 saturated carbocycles. The van der Waals surface area contributed by atoms with E-state index in [1.54, 1.807) is 0 Å². The van der Waals surface area contributed by atoms with Gasteiger partial charge in [0.05, 0.1) is 6.54 Å². The summed E-state index contributed by atoms with van der Waals surface area (Å²) in [6.07, 6.45) is 6.03. The molecule has 2 N–H and O–H groups in total. The Morgan fingerprint density at radius 1 is 1.07 bits per heavy atom. The molecule has 1 saturated heterocycles. The molecule has 2 atom stereocenters. The van der Waals surface area contributed by atoms with E-state index in [2.05, 4.69) is 64.8 Å². The molecule has 1 aromatic carbocycles. The first-order valence-electron chi connectivity index (χ1n) is 11.3. The first kappa shape index (κ1) is 22.4. The van der Waals surface area contributed by atoms with Gasteiger partial charge in [0.25, 0.3) is 0 Å². The lowest BCUT2D eigenvalue weighted by Gasteiger charge is -2.34. The molecule has 2 aliphatic rings. The Morgan fingerprint density at radius 2 is 1.79 bits per heavy atom. The molecule has 0 spiro atoms. The molecule has 2 unspecified atom stereocenters. The van der Waals surface area contributed by atoms with Crippen molar-refractivity contribution in [1.29, 1.82) is 0 Å². The molecule has 5 nitrogen and oxygen atoms in total. The summed E-state index contributed by atoms with van der Waals surface area (Å²) in [7, 11) is 0. The van der Waals surface area contributed by atoms with Gasteiger partial charge in [0, 0.05) is 50.6 Å². The summed E-state index contributed by atoms with van der Waals surface area (Å²) in [6.45, 7) is 12.9. The van der Waals surface area contributed by atoms with Crippen molar-refractivity contribution >= 4 is 17.7 Å². The van der Waals surface area contributed by atoms with Gasteiger partial charge in [-0.3, -0.25) is 4.90 Å². The summed E-state index contributed by atoms with van der Waals surface area (Å²) in [5, 5.41) is 7.91. The Hall–Kier alpha value is -1.24. The molecule has 29 heavy (non-hydrogen) atoms. The quantitative estimate of drug-likeness (QED) is 0.502. The minimum absolute atomic E-state index is 0.551. The van der Waals surface area contributed by atoms with Crippen LogP contribution in [-0.4, -0.2) is 72.6 Å². The Balaban J connectivity index is 1.59. The number of hydrogen-bond donors (Lipinski definition) is 2. The molecule has 1 heterocycles. The minimum Gasteiger partial charge on any atom is -0.357 e. The van der Waals surface area contributed by atoms with Crippen molar-refractivity contribution in [3.63, 3.8) is 0 Å². The first-order valence-corrected chi connectivity index (χ1v) is 12.6. The van der Waals surface area contributed by atoms with Crippen LogP contribution in [0.4, 0.5) is 0 Å². The monoisotopic (exact) mass is 417 g/mol. The highest BCUT2D eigenvalue weighted by atomic mass is 32.2. The van der Waals surface area contributed by atoms with E-state index in [4.69, 9.17) is 4.99 Å². The van der Waals surface area contributed by atoms with E-state index in [0.29, 0.717) is 6.04 Å². The Morgan fingerprint density at radius 3 is 2.45 bits per heavy atom. The van der Waals surface area contributed by atoms with Crippen LogP contribution in [0, 0.1) is 0 Å². The molecule has 0 amide bonds. The van der Waals surface area contributed by atoms with Gasteiger partial charge in [-0.1, -0.05) is 31.2 Å². The molecule has 1 aromatic rings. The van der Waals surface area contributed by atoms with Crippen molar-refractivity contribution in [2.75, 3.05) is 45.5 Å². The van der Waals surface area contributed by atoms with E-state index >= 15 is 0 Å². The molecular weight excluding hydrogens is 378 g/mol. The van der Waals surface area contributed by atoms with Crippen LogP contribution in [0.2, 0.25) is 0 Å². The van der Waals surface area contributed by atoms with Crippen LogP contribution in [0.1, 0.15) is 44.2 Å². The van der Waals surface area contributed by atoms with Gasteiger partial charge >= 0.3 is 0 Å². The summed E-state index contributed by atoms with van der Waals surface area (Å²) in [4.78, 5) is 10.1. The predicted molar refractivity (Wildman–Crippen MR) is 127 cm³/mol. The number of thioether (sulfide) groups is 1. The maximum Gasteiger partial charge on any atom is 0.191 e. The second-order valence-corrected chi connectivity index (χ2v) is 9.32. The fraction of sp³-hybridized carbons (Fsp3) is 0.696. The highest BCUT2D eigenvalue weighted by molar-refractivity contribution is 7.99. The van der Waals surface area contributed by atoms with E-state index in [1.165, 1.54) is 43.5 Å². The van der Waals surface area contributed by atoms with Crippen LogP contribution in [-0.2, 0) is 13.1 Å². The van der Waals surface area contributed by atoms with Crippen molar-refractivity contribution in [3.05, 3.63) is 35.4 Å². The van der Waals surface area contributed by atoms with Gasteiger partial charge < -0.3 is 15.5 Å². The molecule has 162 valence electrons. The topological polar surface area (TPSA) is 42.9 Å². The van der Waals surface area contributed by atoms with E-state index in [0.717, 1.165) is 50.5 Å². The Kier molecular flexibility index (Phi) is 9.15. The number of piperazine rings is 1. The van der Waals surface area contributed by atoms with Gasteiger partial charge in [-0.15, -0.1) is 0 Å². The zero-order valence-electron chi connectivity index (χ0n) is 18.5. The van der Waals surface area contributed by atoms with Gasteiger partial charge in [-0.05, 0) is 50.1 Å². The molecule has 1 aliphatic carbocycles. The second-order valence-electron chi connectivity index (χ2n) is 8.19. The SMILES string of the molecule is CCNC(=NCc1ccccc1CN1CCN(CC)CC1)NC1CCC(SC)C1. The predicted octanol–water partition coefficient (Wildman–Crippen LogP) is 3.16. The molecule has 0 radical (unpaired) electrons. The maximum absolute atomic E-state index is 4.94. The van der Waals surface area contributed by atoms with Crippen molar-refractivity contribution in [2.24, 2.45) is 4.99 Å². The number of nitrogens with zero attached hydrogens (tertiary/aromatic N) is 3. The number of benzene rings is 1. The van der Waals surface area contributed by atoms with Crippen LogP contribution < -0.4 is 10.6 Å². The smallest absolute Gasteiger partial charge is 0.191 e. The lowest BCUT2D eigenvalue weighted by atomic mass is 10.1. The van der Waals surface area contributed by atoms with Crippen molar-refractivity contribution in [2.45, 2.75) is 57.5 Å². The highest BCUT2D eigenvalue weighted by Gasteiger charge is 2.24. The van der Waals surface area contributed by atoms with Crippen LogP contribution in [0.15, 0.2) is 29.3 Å². The molecule has 0 bridgehead atoms. The van der Waals surface area contributed by atoms with Crippen LogP contribution in [0.3, 0.4) is 0 Å². The molecule has 0 aromatic heterocycles. The van der Waals surface area contributed by atoms with Crippen LogP contribution >= 0.6 is 11.8 Å². The number of nitrogens with one attached hydrogen (secondary N) is 2. The van der Waals surface area contributed by atoms with Gasteiger partial charge in [0.2, 0.25) is 0 Å². The third-order valence-electron chi connectivity index (χ3n) is 6.23. The average Bonchev–Trinajstić information content (AvgIpc) is 3.21. The van der Waals surface area contributed by atoms with Crippen molar-refractivity contribution < 1.29 is 0 Å². The van der Waals surface area contributed by atoms with E-state index < -0.39 is 0 Å². The van der Waals surface area contributed by atoms with Gasteiger partial charge in [-0.25, -0.2) is 4.99 Å². The fourth-order valence-corrected chi connectivity index (χ4v) is 5.13. The number of guanidine groups is 1. The molecule has 2 fully saturated rings. The first-order chi connectivity index (χ1) is 14.2. The normalized spacial score (nSPS) is 24.0. The molecule has 1 aliphatic heterocycles. The van der Waals surface area contributed by atoms with E-state index in [9.17, 15) is 0 Å². The third-order valence-corrected chi connectivity index (χ3v) is 7.33. The fourth-order valence-electron chi connectivity index (χ4n) is 4.33. The molecule has 6 heteroatoms. The van der Waals surface area contributed by atoms with Crippen molar-refractivity contribution in [3.8, 4) is 0 Å². The van der Waals surface area contributed by atoms with Crippen LogP contribution in [0.5, 0.6) is 0 Å². The number of rotatable bonds is 8. The zero-order chi connectivity index (χ0) is 20.5. The van der Waals surface area contributed by atoms with Crippen LogP contribution in [0.25, 0.3) is 0 Å². The summed E-state index contributed by atoms with van der Waals surface area (Å²) < 4.78 is 0. The Labute approximate surface area is 181 Å². The van der Waals surface area contributed by atoms with Gasteiger partial charge in [0.15, 0.2) is 5.96 Å².